The molecule has 1 aliphatic heterocycles. The molecule has 0 bridgehead atoms. The number of benzene rings is 1. The first-order chi connectivity index (χ1) is 14.1. The molecule has 1 amide bonds. The maximum atomic E-state index is 12.8. The van der Waals surface area contributed by atoms with Crippen LogP contribution in [0.2, 0.25) is 5.15 Å². The fourth-order valence-electron chi connectivity index (χ4n) is 3.60. The Morgan fingerprint density at radius 1 is 1.21 bits per heavy atom. The molecule has 3 heterocycles. The number of likely N-dealkylation sites (tertiary alicyclic amines) is 1. The lowest BCUT2D eigenvalue weighted by Gasteiger charge is -2.32. The number of aromatic nitrogens is 3. The van der Waals surface area contributed by atoms with Gasteiger partial charge in [0.15, 0.2) is 0 Å². The van der Waals surface area contributed by atoms with Crippen molar-refractivity contribution in [2.45, 2.75) is 25.7 Å². The van der Waals surface area contributed by atoms with Gasteiger partial charge in [-0.25, -0.2) is 15.0 Å². The van der Waals surface area contributed by atoms with Crippen LogP contribution in [0.4, 0.5) is 11.6 Å². The highest BCUT2D eigenvalue weighted by molar-refractivity contribution is 6.29. The lowest BCUT2D eigenvalue weighted by molar-refractivity contribution is 0.0705. The zero-order valence-electron chi connectivity index (χ0n) is 16.2. The minimum atomic E-state index is -0.0222. The molecule has 0 unspecified atom stereocenters. The van der Waals surface area contributed by atoms with Gasteiger partial charge in [-0.15, -0.1) is 0 Å². The van der Waals surface area contributed by atoms with Crippen molar-refractivity contribution in [3.8, 4) is 0 Å². The Morgan fingerprint density at radius 3 is 2.90 bits per heavy atom. The predicted octanol–water partition coefficient (Wildman–Crippen LogP) is 4.60. The van der Waals surface area contributed by atoms with Crippen molar-refractivity contribution >= 4 is 29.1 Å². The summed E-state index contributed by atoms with van der Waals surface area (Å²) in [6.07, 6.45) is 5.22. The lowest BCUT2D eigenvalue weighted by Crippen LogP contribution is -2.39. The number of hydrogen-bond acceptors (Lipinski definition) is 5. The molecule has 3 aromatic rings. The second-order valence-corrected chi connectivity index (χ2v) is 7.65. The molecular weight excluding hydrogens is 386 g/mol. The van der Waals surface area contributed by atoms with E-state index >= 15 is 0 Å². The number of nitrogens with zero attached hydrogens (tertiary/aromatic N) is 4. The second-order valence-electron chi connectivity index (χ2n) is 7.26. The molecule has 0 spiro atoms. The molecule has 1 N–H and O–H groups in total. The normalized spacial score (nSPS) is 16.5. The van der Waals surface area contributed by atoms with Gasteiger partial charge in [0.05, 0.1) is 11.3 Å². The van der Waals surface area contributed by atoms with Crippen LogP contribution in [-0.4, -0.2) is 38.8 Å². The van der Waals surface area contributed by atoms with Gasteiger partial charge in [0.1, 0.15) is 5.15 Å². The molecule has 1 fully saturated rings. The SMILES string of the molecule is Cc1cccc(Nc2nccc([C@H]3CCCN(C(=O)c4ccc(Cl)nc4)C3)n2)c1. The van der Waals surface area contributed by atoms with Crippen LogP contribution in [0, 0.1) is 6.92 Å². The van der Waals surface area contributed by atoms with Crippen molar-refractivity contribution in [1.29, 1.82) is 0 Å². The number of carbonyl (C=O) groups is 1. The van der Waals surface area contributed by atoms with E-state index in [9.17, 15) is 4.79 Å². The molecule has 0 radical (unpaired) electrons. The first-order valence-electron chi connectivity index (χ1n) is 9.66. The number of rotatable bonds is 4. The summed E-state index contributed by atoms with van der Waals surface area (Å²) in [4.78, 5) is 27.8. The van der Waals surface area contributed by atoms with E-state index in [0.717, 1.165) is 30.8 Å². The van der Waals surface area contributed by atoms with E-state index in [-0.39, 0.29) is 11.8 Å². The van der Waals surface area contributed by atoms with Gasteiger partial charge in [0, 0.05) is 37.1 Å². The van der Waals surface area contributed by atoms with Gasteiger partial charge in [-0.05, 0) is 55.7 Å². The van der Waals surface area contributed by atoms with Crippen molar-refractivity contribution in [2.24, 2.45) is 0 Å². The maximum absolute atomic E-state index is 12.8. The largest absolute Gasteiger partial charge is 0.338 e. The molecule has 1 aromatic carbocycles. The van der Waals surface area contributed by atoms with Crippen LogP contribution in [0.3, 0.4) is 0 Å². The highest BCUT2D eigenvalue weighted by Crippen LogP contribution is 2.27. The molecule has 0 saturated carbocycles. The third-order valence-corrected chi connectivity index (χ3v) is 5.28. The number of aryl methyl sites for hydroxylation is 1. The average Bonchev–Trinajstić information content (AvgIpc) is 2.74. The van der Waals surface area contributed by atoms with Crippen LogP contribution < -0.4 is 5.32 Å². The van der Waals surface area contributed by atoms with Gasteiger partial charge in [0.25, 0.3) is 5.91 Å². The molecule has 0 aliphatic carbocycles. The second kappa shape index (κ2) is 8.57. The van der Waals surface area contributed by atoms with Crippen molar-refractivity contribution < 1.29 is 4.79 Å². The summed E-state index contributed by atoms with van der Waals surface area (Å²) in [5, 5.41) is 3.65. The van der Waals surface area contributed by atoms with Gasteiger partial charge in [0.2, 0.25) is 5.95 Å². The van der Waals surface area contributed by atoms with Gasteiger partial charge in [-0.3, -0.25) is 4.79 Å². The molecule has 4 rings (SSSR count). The quantitative estimate of drug-likeness (QED) is 0.640. The fourth-order valence-corrected chi connectivity index (χ4v) is 3.71. The van der Waals surface area contributed by atoms with Crippen molar-refractivity contribution in [1.82, 2.24) is 19.9 Å². The zero-order chi connectivity index (χ0) is 20.2. The van der Waals surface area contributed by atoms with E-state index in [0.29, 0.717) is 23.2 Å². The van der Waals surface area contributed by atoms with Crippen LogP contribution in [0.5, 0.6) is 0 Å². The van der Waals surface area contributed by atoms with E-state index < -0.39 is 0 Å². The molecule has 1 aliphatic rings. The summed E-state index contributed by atoms with van der Waals surface area (Å²) in [6, 6.07) is 13.4. The molecule has 6 nitrogen and oxygen atoms in total. The Bertz CT molecular complexity index is 1010. The minimum absolute atomic E-state index is 0.0222. The summed E-state index contributed by atoms with van der Waals surface area (Å²) in [5.41, 5.74) is 3.63. The molecule has 29 heavy (non-hydrogen) atoms. The Kier molecular flexibility index (Phi) is 5.71. The first-order valence-corrected chi connectivity index (χ1v) is 10.0. The number of halogens is 1. The van der Waals surface area contributed by atoms with Crippen LogP contribution in [-0.2, 0) is 0 Å². The number of amides is 1. The fraction of sp³-hybridized carbons (Fsp3) is 0.273. The van der Waals surface area contributed by atoms with Gasteiger partial charge in [-0.1, -0.05) is 23.7 Å². The van der Waals surface area contributed by atoms with Crippen LogP contribution in [0.1, 0.15) is 40.4 Å². The summed E-state index contributed by atoms with van der Waals surface area (Å²) >= 11 is 5.83. The maximum Gasteiger partial charge on any atom is 0.255 e. The predicted molar refractivity (Wildman–Crippen MR) is 114 cm³/mol. The Hall–Kier alpha value is -2.99. The Balaban J connectivity index is 1.48. The number of anilines is 2. The highest BCUT2D eigenvalue weighted by atomic mass is 35.5. The standard InChI is InChI=1S/C22H22ClN5O/c1-15-4-2-6-18(12-15)26-22-24-10-9-19(27-22)17-5-3-11-28(14-17)21(29)16-7-8-20(23)25-13-16/h2,4,6-10,12-13,17H,3,5,11,14H2,1H3,(H,24,26,27)/t17-/m0/s1. The van der Waals surface area contributed by atoms with E-state index in [1.807, 2.05) is 36.1 Å². The molecule has 1 saturated heterocycles. The van der Waals surface area contributed by atoms with Crippen molar-refractivity contribution in [3.63, 3.8) is 0 Å². The number of carbonyl (C=O) groups excluding carboxylic acids is 1. The number of hydrogen-bond donors (Lipinski definition) is 1. The van der Waals surface area contributed by atoms with Gasteiger partial charge >= 0.3 is 0 Å². The van der Waals surface area contributed by atoms with Crippen LogP contribution >= 0.6 is 11.6 Å². The number of piperidine rings is 1. The minimum Gasteiger partial charge on any atom is -0.338 e. The Morgan fingerprint density at radius 2 is 2.10 bits per heavy atom. The lowest BCUT2D eigenvalue weighted by atomic mass is 9.94. The molecule has 148 valence electrons. The van der Waals surface area contributed by atoms with Crippen LogP contribution in [0.25, 0.3) is 0 Å². The smallest absolute Gasteiger partial charge is 0.255 e. The summed E-state index contributed by atoms with van der Waals surface area (Å²) in [5.74, 6) is 0.721. The van der Waals surface area contributed by atoms with E-state index in [2.05, 4.69) is 21.4 Å². The summed E-state index contributed by atoms with van der Waals surface area (Å²) in [6.45, 7) is 3.41. The molecule has 7 heteroatoms. The number of pyridine rings is 1. The van der Waals surface area contributed by atoms with E-state index in [1.54, 1.807) is 18.3 Å². The van der Waals surface area contributed by atoms with Gasteiger partial charge < -0.3 is 10.2 Å². The average molecular weight is 408 g/mol. The molecular formula is C22H22ClN5O. The first kappa shape index (κ1) is 19.3. The van der Waals surface area contributed by atoms with Crippen molar-refractivity contribution in [2.75, 3.05) is 18.4 Å². The Labute approximate surface area is 175 Å². The van der Waals surface area contributed by atoms with Crippen molar-refractivity contribution in [3.05, 3.63) is 76.8 Å². The van der Waals surface area contributed by atoms with E-state index in [1.165, 1.54) is 11.8 Å². The zero-order valence-corrected chi connectivity index (χ0v) is 16.9. The third kappa shape index (κ3) is 4.71. The third-order valence-electron chi connectivity index (χ3n) is 5.05. The summed E-state index contributed by atoms with van der Waals surface area (Å²) in [7, 11) is 0. The van der Waals surface area contributed by atoms with E-state index in [4.69, 9.17) is 16.6 Å². The van der Waals surface area contributed by atoms with Crippen LogP contribution in [0.15, 0.2) is 54.9 Å². The summed E-state index contributed by atoms with van der Waals surface area (Å²) < 4.78 is 0. The monoisotopic (exact) mass is 407 g/mol. The topological polar surface area (TPSA) is 71.0 Å². The number of nitrogens with one attached hydrogen (secondary N) is 1. The molecule has 1 atom stereocenters. The van der Waals surface area contributed by atoms with Gasteiger partial charge in [-0.2, -0.15) is 0 Å². The highest BCUT2D eigenvalue weighted by Gasteiger charge is 2.26. The molecule has 2 aromatic heterocycles.